The van der Waals surface area contributed by atoms with Crippen LogP contribution in [0.5, 0.6) is 0 Å². The van der Waals surface area contributed by atoms with Crippen LogP contribution in [0.4, 0.5) is 11.4 Å². The molecule has 0 amide bonds. The number of hydrogen-bond acceptors (Lipinski definition) is 5. The quantitative estimate of drug-likeness (QED) is 0.588. The van der Waals surface area contributed by atoms with Gasteiger partial charge in [-0.25, -0.2) is 9.98 Å². The molecule has 4 rings (SSSR count). The molecular weight excluding hydrogens is 310 g/mol. The highest BCUT2D eigenvalue weighted by atomic mass is 32.2. The van der Waals surface area contributed by atoms with E-state index in [2.05, 4.69) is 45.9 Å². The smallest absolute Gasteiger partial charge is 0.153 e. The van der Waals surface area contributed by atoms with Crippen LogP contribution in [0.15, 0.2) is 44.0 Å². The van der Waals surface area contributed by atoms with Gasteiger partial charge in [-0.15, -0.1) is 0 Å². The topological polar surface area (TPSA) is 50.7 Å². The Kier molecular flexibility index (Phi) is 3.11. The van der Waals surface area contributed by atoms with E-state index < -0.39 is 0 Å². The minimum absolute atomic E-state index is 0.725. The normalized spacial score (nSPS) is 14.2. The first kappa shape index (κ1) is 13.3. The predicted molar refractivity (Wildman–Crippen MR) is 95.3 cm³/mol. The third-order valence-electron chi connectivity index (χ3n) is 3.31. The first-order valence-electron chi connectivity index (χ1n) is 6.57. The highest BCUT2D eigenvalue weighted by molar-refractivity contribution is 8.15. The summed E-state index contributed by atoms with van der Waals surface area (Å²) in [5, 5.41) is 3.85. The molecule has 0 saturated carbocycles. The SMILES string of the molecule is CC#CC1=Nc2ccc3c4c(ccc(c24)S1)N=C(C#CN)S3. The molecule has 0 radical (unpaired) electrons. The molecule has 0 fully saturated rings. The van der Waals surface area contributed by atoms with Crippen LogP contribution in [0.25, 0.3) is 10.8 Å². The van der Waals surface area contributed by atoms with Gasteiger partial charge in [0.1, 0.15) is 0 Å². The van der Waals surface area contributed by atoms with Gasteiger partial charge in [-0.3, -0.25) is 0 Å². The molecule has 0 saturated heterocycles. The van der Waals surface area contributed by atoms with Crippen molar-refractivity contribution in [3.63, 3.8) is 0 Å². The largest absolute Gasteiger partial charge is 0.359 e. The first-order valence-corrected chi connectivity index (χ1v) is 8.20. The van der Waals surface area contributed by atoms with Crippen molar-refractivity contribution in [3.8, 4) is 23.8 Å². The van der Waals surface area contributed by atoms with E-state index in [1.165, 1.54) is 4.90 Å². The fourth-order valence-electron chi connectivity index (χ4n) is 2.50. The maximum Gasteiger partial charge on any atom is 0.153 e. The van der Waals surface area contributed by atoms with Gasteiger partial charge in [0.15, 0.2) is 10.1 Å². The molecule has 0 aromatic heterocycles. The van der Waals surface area contributed by atoms with Gasteiger partial charge < -0.3 is 5.73 Å². The van der Waals surface area contributed by atoms with Crippen LogP contribution in [0.1, 0.15) is 6.92 Å². The van der Waals surface area contributed by atoms with E-state index in [1.54, 1.807) is 23.5 Å². The summed E-state index contributed by atoms with van der Waals surface area (Å²) in [4.78, 5) is 11.6. The van der Waals surface area contributed by atoms with Gasteiger partial charge in [-0.05, 0) is 43.0 Å². The van der Waals surface area contributed by atoms with Crippen molar-refractivity contribution in [2.45, 2.75) is 16.7 Å². The lowest BCUT2D eigenvalue weighted by molar-refractivity contribution is 1.40. The van der Waals surface area contributed by atoms with Gasteiger partial charge in [0, 0.05) is 26.6 Å². The lowest BCUT2D eigenvalue weighted by Gasteiger charge is -2.19. The first-order chi connectivity index (χ1) is 10.8. The third kappa shape index (κ3) is 1.99. The second kappa shape index (κ2) is 5.14. The molecule has 2 aliphatic heterocycles. The second-order valence-corrected chi connectivity index (χ2v) is 6.66. The molecule has 2 aliphatic rings. The summed E-state index contributed by atoms with van der Waals surface area (Å²) in [6.45, 7) is 1.82. The molecule has 0 spiro atoms. The maximum absolute atomic E-state index is 5.31. The van der Waals surface area contributed by atoms with Crippen LogP contribution < -0.4 is 5.73 Å². The standard InChI is InChI=1S/C17H9N3S2/c1-2-3-14-19-10-4-7-13-17-11(20-15(22-13)8-9-18)5-6-12(21-14)16(10)17/h4-7H,18H2,1H3. The summed E-state index contributed by atoms with van der Waals surface area (Å²) in [7, 11) is 0. The summed E-state index contributed by atoms with van der Waals surface area (Å²) in [5.41, 5.74) is 7.19. The number of nitrogens with two attached hydrogens (primary N) is 1. The van der Waals surface area contributed by atoms with Crippen molar-refractivity contribution < 1.29 is 0 Å². The fraction of sp³-hybridized carbons (Fsp3) is 0.0588. The molecule has 2 N–H and O–H groups in total. The number of benzene rings is 2. The number of thioether (sulfide) groups is 2. The van der Waals surface area contributed by atoms with Crippen LogP contribution in [0.2, 0.25) is 0 Å². The zero-order chi connectivity index (χ0) is 15.1. The summed E-state index contributed by atoms with van der Waals surface area (Å²) < 4.78 is 0. The van der Waals surface area contributed by atoms with E-state index in [1.807, 2.05) is 19.1 Å². The van der Waals surface area contributed by atoms with Crippen molar-refractivity contribution >= 4 is 55.8 Å². The Hall–Kier alpha value is -2.34. The van der Waals surface area contributed by atoms with Crippen LogP contribution in [0.3, 0.4) is 0 Å². The molecule has 2 aromatic carbocycles. The monoisotopic (exact) mass is 319 g/mol. The lowest BCUT2D eigenvalue weighted by atomic mass is 10.1. The zero-order valence-electron chi connectivity index (χ0n) is 11.6. The van der Waals surface area contributed by atoms with Crippen molar-refractivity contribution in [3.05, 3.63) is 24.3 Å². The van der Waals surface area contributed by atoms with E-state index in [9.17, 15) is 0 Å². The molecule has 104 valence electrons. The van der Waals surface area contributed by atoms with E-state index in [4.69, 9.17) is 5.73 Å². The molecule has 22 heavy (non-hydrogen) atoms. The lowest BCUT2D eigenvalue weighted by Crippen LogP contribution is -1.99. The predicted octanol–water partition coefficient (Wildman–Crippen LogP) is 4.05. The van der Waals surface area contributed by atoms with Crippen LogP contribution in [0, 0.1) is 23.8 Å². The Morgan fingerprint density at radius 2 is 1.41 bits per heavy atom. The number of nitrogens with zero attached hydrogens (tertiary/aromatic N) is 2. The van der Waals surface area contributed by atoms with Crippen molar-refractivity contribution in [2.24, 2.45) is 15.7 Å². The fourth-order valence-corrected chi connectivity index (χ4v) is 4.36. The van der Waals surface area contributed by atoms with Crippen molar-refractivity contribution in [1.29, 1.82) is 0 Å². The minimum atomic E-state index is 0.725. The Morgan fingerprint density at radius 3 is 1.91 bits per heavy atom. The van der Waals surface area contributed by atoms with E-state index in [0.29, 0.717) is 0 Å². The summed E-state index contributed by atoms with van der Waals surface area (Å²) >= 11 is 3.16. The molecule has 0 atom stereocenters. The van der Waals surface area contributed by atoms with E-state index >= 15 is 0 Å². The van der Waals surface area contributed by atoms with Gasteiger partial charge >= 0.3 is 0 Å². The minimum Gasteiger partial charge on any atom is -0.359 e. The van der Waals surface area contributed by atoms with Gasteiger partial charge in [0.25, 0.3) is 0 Å². The molecule has 0 unspecified atom stereocenters. The van der Waals surface area contributed by atoms with E-state index in [0.717, 1.165) is 37.1 Å². The molecule has 2 heterocycles. The molecule has 5 heteroatoms. The van der Waals surface area contributed by atoms with Crippen LogP contribution in [-0.4, -0.2) is 10.1 Å². The molecule has 2 aromatic rings. The number of aliphatic imine (C=N–C) groups is 2. The van der Waals surface area contributed by atoms with Gasteiger partial charge in [0.2, 0.25) is 0 Å². The molecular formula is C17H9N3S2. The Balaban J connectivity index is 2.03. The molecule has 0 bridgehead atoms. The average molecular weight is 319 g/mol. The van der Waals surface area contributed by atoms with Gasteiger partial charge in [0.05, 0.1) is 11.4 Å². The average Bonchev–Trinajstić information content (AvgIpc) is 2.53. The highest BCUT2D eigenvalue weighted by Gasteiger charge is 2.22. The highest BCUT2D eigenvalue weighted by Crippen LogP contribution is 2.49. The third-order valence-corrected chi connectivity index (χ3v) is 5.20. The van der Waals surface area contributed by atoms with E-state index in [-0.39, 0.29) is 0 Å². The van der Waals surface area contributed by atoms with Crippen molar-refractivity contribution in [2.75, 3.05) is 0 Å². The second-order valence-electron chi connectivity index (χ2n) is 4.60. The van der Waals surface area contributed by atoms with Crippen molar-refractivity contribution in [1.82, 2.24) is 0 Å². The number of hydrogen-bond donors (Lipinski definition) is 1. The summed E-state index contributed by atoms with van der Waals surface area (Å²) in [6, 6.07) is 10.6. The Morgan fingerprint density at radius 1 is 0.864 bits per heavy atom. The zero-order valence-corrected chi connectivity index (χ0v) is 13.2. The van der Waals surface area contributed by atoms with Gasteiger partial charge in [-0.1, -0.05) is 29.4 Å². The Labute approximate surface area is 136 Å². The maximum atomic E-state index is 5.31. The Bertz CT molecular complexity index is 928. The summed E-state index contributed by atoms with van der Waals surface area (Å²) in [6.07, 6.45) is 0. The molecule has 3 nitrogen and oxygen atoms in total. The van der Waals surface area contributed by atoms with Crippen LogP contribution in [-0.2, 0) is 0 Å². The molecule has 0 aliphatic carbocycles. The van der Waals surface area contributed by atoms with Crippen LogP contribution >= 0.6 is 23.5 Å². The summed E-state index contributed by atoms with van der Waals surface area (Å²) in [5.74, 6) is 8.80. The van der Waals surface area contributed by atoms with Gasteiger partial charge in [-0.2, -0.15) is 0 Å². The number of rotatable bonds is 0.